The molecular formula is C13H20N2O. The molecule has 2 saturated heterocycles. The van der Waals surface area contributed by atoms with Gasteiger partial charge < -0.3 is 10.2 Å². The molecule has 0 radical (unpaired) electrons. The van der Waals surface area contributed by atoms with Crippen molar-refractivity contribution in [2.75, 3.05) is 19.6 Å². The van der Waals surface area contributed by atoms with Gasteiger partial charge in [-0.15, -0.1) is 0 Å². The van der Waals surface area contributed by atoms with Crippen molar-refractivity contribution in [1.82, 2.24) is 10.2 Å². The van der Waals surface area contributed by atoms with E-state index in [1.165, 1.54) is 12.8 Å². The van der Waals surface area contributed by atoms with Crippen LogP contribution in [0.15, 0.2) is 12.2 Å². The molecule has 2 heterocycles. The van der Waals surface area contributed by atoms with Crippen molar-refractivity contribution in [3.05, 3.63) is 12.2 Å². The van der Waals surface area contributed by atoms with E-state index in [2.05, 4.69) is 22.4 Å². The molecule has 3 heteroatoms. The number of nitrogens with zero attached hydrogens (tertiary/aromatic N) is 1. The predicted octanol–water partition coefficient (Wildman–Crippen LogP) is 1.16. The van der Waals surface area contributed by atoms with Crippen molar-refractivity contribution < 1.29 is 4.79 Å². The van der Waals surface area contributed by atoms with Crippen LogP contribution in [0.25, 0.3) is 0 Å². The standard InChI is InChI=1S/C13H20N2O/c16-13(7-10-3-1-2-4-10)15-6-5-11-8-14-9-12(11)15/h1,3,10-12,14H,2,4-9H2/t10?,11-,12+/m0/s1. The van der Waals surface area contributed by atoms with E-state index in [0.29, 0.717) is 17.9 Å². The van der Waals surface area contributed by atoms with Gasteiger partial charge in [0.15, 0.2) is 0 Å². The van der Waals surface area contributed by atoms with Crippen LogP contribution >= 0.6 is 0 Å². The number of fused-ring (bicyclic) bond motifs is 1. The molecular weight excluding hydrogens is 200 g/mol. The van der Waals surface area contributed by atoms with Gasteiger partial charge in [-0.3, -0.25) is 4.79 Å². The summed E-state index contributed by atoms with van der Waals surface area (Å²) in [5.41, 5.74) is 0. The molecule has 0 aromatic rings. The molecule has 2 aliphatic heterocycles. The Morgan fingerprint density at radius 2 is 2.31 bits per heavy atom. The fourth-order valence-corrected chi connectivity index (χ4v) is 3.37. The minimum atomic E-state index is 0.382. The third-order valence-electron chi connectivity index (χ3n) is 4.31. The summed E-state index contributed by atoms with van der Waals surface area (Å²) in [5.74, 6) is 1.62. The minimum Gasteiger partial charge on any atom is -0.338 e. The first-order valence-corrected chi connectivity index (χ1v) is 6.51. The van der Waals surface area contributed by atoms with Gasteiger partial charge in [-0.1, -0.05) is 12.2 Å². The quantitative estimate of drug-likeness (QED) is 0.708. The molecule has 0 aromatic heterocycles. The van der Waals surface area contributed by atoms with E-state index in [-0.39, 0.29) is 0 Å². The van der Waals surface area contributed by atoms with E-state index in [1.54, 1.807) is 0 Å². The first-order chi connectivity index (χ1) is 7.84. The van der Waals surface area contributed by atoms with Crippen LogP contribution in [-0.2, 0) is 4.79 Å². The van der Waals surface area contributed by atoms with Crippen LogP contribution in [0.3, 0.4) is 0 Å². The third kappa shape index (κ3) is 1.77. The molecule has 2 fully saturated rings. The molecule has 0 spiro atoms. The van der Waals surface area contributed by atoms with Gasteiger partial charge in [-0.2, -0.15) is 0 Å². The smallest absolute Gasteiger partial charge is 0.223 e. The summed E-state index contributed by atoms with van der Waals surface area (Å²) in [6.45, 7) is 3.11. The van der Waals surface area contributed by atoms with E-state index in [9.17, 15) is 4.79 Å². The zero-order chi connectivity index (χ0) is 11.0. The van der Waals surface area contributed by atoms with Gasteiger partial charge in [0.2, 0.25) is 5.91 Å². The van der Waals surface area contributed by atoms with Crippen molar-refractivity contribution in [3.8, 4) is 0 Å². The van der Waals surface area contributed by atoms with E-state index in [4.69, 9.17) is 0 Å². The summed E-state index contributed by atoms with van der Waals surface area (Å²) in [6, 6.07) is 0.498. The lowest BCUT2D eigenvalue weighted by molar-refractivity contribution is -0.132. The van der Waals surface area contributed by atoms with Crippen LogP contribution in [-0.4, -0.2) is 36.5 Å². The van der Waals surface area contributed by atoms with Crippen LogP contribution in [0.4, 0.5) is 0 Å². The highest BCUT2D eigenvalue weighted by Gasteiger charge is 2.39. The number of rotatable bonds is 2. The number of allylic oxidation sites excluding steroid dienone is 2. The lowest BCUT2D eigenvalue weighted by Gasteiger charge is -2.24. The van der Waals surface area contributed by atoms with Crippen molar-refractivity contribution in [1.29, 1.82) is 0 Å². The number of carbonyl (C=O) groups is 1. The molecule has 88 valence electrons. The van der Waals surface area contributed by atoms with Crippen LogP contribution in [0.1, 0.15) is 25.7 Å². The van der Waals surface area contributed by atoms with Crippen molar-refractivity contribution in [2.45, 2.75) is 31.7 Å². The summed E-state index contributed by atoms with van der Waals surface area (Å²) >= 11 is 0. The van der Waals surface area contributed by atoms with Crippen LogP contribution in [0, 0.1) is 11.8 Å². The number of hydrogen-bond donors (Lipinski definition) is 1. The van der Waals surface area contributed by atoms with E-state index >= 15 is 0 Å². The number of carbonyl (C=O) groups excluding carboxylic acids is 1. The SMILES string of the molecule is O=C(CC1C=CCC1)N1CC[C@H]2CNC[C@H]21. The summed E-state index contributed by atoms with van der Waals surface area (Å²) in [7, 11) is 0. The zero-order valence-corrected chi connectivity index (χ0v) is 9.69. The van der Waals surface area contributed by atoms with Crippen LogP contribution in [0.5, 0.6) is 0 Å². The molecule has 3 aliphatic rings. The summed E-state index contributed by atoms with van der Waals surface area (Å²) in [6.07, 6.45) is 8.70. The molecule has 1 unspecified atom stereocenters. The normalized spacial score (nSPS) is 37.0. The van der Waals surface area contributed by atoms with Crippen molar-refractivity contribution in [2.24, 2.45) is 11.8 Å². The van der Waals surface area contributed by atoms with E-state index in [0.717, 1.165) is 38.4 Å². The zero-order valence-electron chi connectivity index (χ0n) is 9.69. The average Bonchev–Trinajstić information content (AvgIpc) is 2.92. The number of likely N-dealkylation sites (tertiary alicyclic amines) is 1. The fourth-order valence-electron chi connectivity index (χ4n) is 3.37. The maximum Gasteiger partial charge on any atom is 0.223 e. The molecule has 1 aliphatic carbocycles. The molecule has 0 bridgehead atoms. The summed E-state index contributed by atoms with van der Waals surface area (Å²) < 4.78 is 0. The van der Waals surface area contributed by atoms with Gasteiger partial charge in [0, 0.05) is 32.1 Å². The van der Waals surface area contributed by atoms with E-state index < -0.39 is 0 Å². The fraction of sp³-hybridized carbons (Fsp3) is 0.769. The lowest BCUT2D eigenvalue weighted by atomic mass is 10.0. The first kappa shape index (κ1) is 10.3. The predicted molar refractivity (Wildman–Crippen MR) is 63.0 cm³/mol. The third-order valence-corrected chi connectivity index (χ3v) is 4.31. The Balaban J connectivity index is 1.59. The number of hydrogen-bond acceptors (Lipinski definition) is 2. The Hall–Kier alpha value is -0.830. The largest absolute Gasteiger partial charge is 0.338 e. The second-order valence-corrected chi connectivity index (χ2v) is 5.33. The van der Waals surface area contributed by atoms with E-state index in [1.807, 2.05) is 0 Å². The molecule has 3 atom stereocenters. The molecule has 0 aromatic carbocycles. The van der Waals surface area contributed by atoms with Gasteiger partial charge in [-0.05, 0) is 31.1 Å². The molecule has 1 N–H and O–H groups in total. The van der Waals surface area contributed by atoms with Crippen molar-refractivity contribution >= 4 is 5.91 Å². The summed E-state index contributed by atoms with van der Waals surface area (Å²) in [4.78, 5) is 14.3. The Morgan fingerprint density at radius 1 is 1.38 bits per heavy atom. The van der Waals surface area contributed by atoms with Gasteiger partial charge in [-0.25, -0.2) is 0 Å². The summed E-state index contributed by atoms with van der Waals surface area (Å²) in [5, 5.41) is 3.39. The Labute approximate surface area is 96.9 Å². The molecule has 1 amide bonds. The maximum atomic E-state index is 12.2. The van der Waals surface area contributed by atoms with Gasteiger partial charge >= 0.3 is 0 Å². The Morgan fingerprint density at radius 3 is 3.12 bits per heavy atom. The highest BCUT2D eigenvalue weighted by Crippen LogP contribution is 2.29. The molecule has 3 nitrogen and oxygen atoms in total. The molecule has 16 heavy (non-hydrogen) atoms. The molecule has 3 rings (SSSR count). The lowest BCUT2D eigenvalue weighted by Crippen LogP contribution is -2.39. The Kier molecular flexibility index (Phi) is 2.72. The van der Waals surface area contributed by atoms with Gasteiger partial charge in [0.1, 0.15) is 0 Å². The molecule has 0 saturated carbocycles. The number of amides is 1. The Bertz CT molecular complexity index is 313. The minimum absolute atomic E-state index is 0.382. The van der Waals surface area contributed by atoms with Crippen LogP contribution < -0.4 is 5.32 Å². The van der Waals surface area contributed by atoms with Gasteiger partial charge in [0.05, 0.1) is 0 Å². The second kappa shape index (κ2) is 4.21. The topological polar surface area (TPSA) is 32.3 Å². The average molecular weight is 220 g/mol. The van der Waals surface area contributed by atoms with Crippen molar-refractivity contribution in [3.63, 3.8) is 0 Å². The second-order valence-electron chi connectivity index (χ2n) is 5.33. The monoisotopic (exact) mass is 220 g/mol. The highest BCUT2D eigenvalue weighted by molar-refractivity contribution is 5.77. The first-order valence-electron chi connectivity index (χ1n) is 6.51. The van der Waals surface area contributed by atoms with Gasteiger partial charge in [0.25, 0.3) is 0 Å². The number of nitrogens with one attached hydrogen (secondary N) is 1. The highest BCUT2D eigenvalue weighted by atomic mass is 16.2. The maximum absolute atomic E-state index is 12.2. The van der Waals surface area contributed by atoms with Crippen LogP contribution in [0.2, 0.25) is 0 Å².